The van der Waals surface area contributed by atoms with Crippen LogP contribution < -0.4 is 11.1 Å². The fourth-order valence-electron chi connectivity index (χ4n) is 2.54. The van der Waals surface area contributed by atoms with Crippen molar-refractivity contribution in [3.05, 3.63) is 27.8 Å². The van der Waals surface area contributed by atoms with Gasteiger partial charge in [0.15, 0.2) is 5.78 Å². The van der Waals surface area contributed by atoms with Crippen LogP contribution in [0.4, 0.5) is 5.00 Å². The highest BCUT2D eigenvalue weighted by Gasteiger charge is 2.26. The zero-order chi connectivity index (χ0) is 18.1. The van der Waals surface area contributed by atoms with Crippen LogP contribution in [0.1, 0.15) is 54.4 Å². The van der Waals surface area contributed by atoms with Gasteiger partial charge >= 0.3 is 5.97 Å². The number of aliphatic carboxylic acids is 1. The molecule has 24 heavy (non-hydrogen) atoms. The second-order valence-corrected chi connectivity index (χ2v) is 7.99. The molecule has 0 saturated carbocycles. The van der Waals surface area contributed by atoms with Crippen LogP contribution in [0, 0.1) is 5.41 Å². The topological polar surface area (TPSA) is 109 Å². The molecule has 7 heteroatoms. The lowest BCUT2D eigenvalue weighted by Crippen LogP contribution is -2.22. The van der Waals surface area contributed by atoms with E-state index in [4.69, 9.17) is 5.73 Å². The average molecular weight is 350 g/mol. The smallest absolute Gasteiger partial charge is 0.352 e. The first-order valence-corrected chi connectivity index (χ1v) is 8.63. The molecular weight excluding hydrogens is 328 g/mol. The van der Waals surface area contributed by atoms with E-state index in [1.54, 1.807) is 20.8 Å². The summed E-state index contributed by atoms with van der Waals surface area (Å²) in [6.07, 6.45) is 4.71. The van der Waals surface area contributed by atoms with Crippen molar-refractivity contribution >= 4 is 34.0 Å². The highest BCUT2D eigenvalue weighted by molar-refractivity contribution is 7.16. The summed E-state index contributed by atoms with van der Waals surface area (Å²) in [5, 5.41) is 12.5. The van der Waals surface area contributed by atoms with Gasteiger partial charge in [-0.3, -0.25) is 9.59 Å². The van der Waals surface area contributed by atoms with Crippen molar-refractivity contribution in [2.24, 2.45) is 11.1 Å². The second-order valence-electron chi connectivity index (χ2n) is 6.88. The van der Waals surface area contributed by atoms with Gasteiger partial charge in [0.05, 0.1) is 5.56 Å². The number of amides is 1. The number of carbonyl (C=O) groups is 3. The van der Waals surface area contributed by atoms with Gasteiger partial charge in [-0.15, -0.1) is 11.3 Å². The number of hydrogen-bond acceptors (Lipinski definition) is 5. The third kappa shape index (κ3) is 3.84. The Morgan fingerprint density at radius 3 is 2.38 bits per heavy atom. The maximum Gasteiger partial charge on any atom is 0.352 e. The number of allylic oxidation sites excluding steroid dienone is 1. The first kappa shape index (κ1) is 18.2. The van der Waals surface area contributed by atoms with Gasteiger partial charge in [0.25, 0.3) is 5.91 Å². The number of ketones is 1. The lowest BCUT2D eigenvalue weighted by atomic mass is 9.90. The number of primary amides is 1. The largest absolute Gasteiger partial charge is 0.477 e. The van der Waals surface area contributed by atoms with Crippen molar-refractivity contribution in [2.75, 3.05) is 5.32 Å². The lowest BCUT2D eigenvalue weighted by molar-refractivity contribution is -0.133. The zero-order valence-electron chi connectivity index (χ0n) is 14.1. The molecule has 0 bridgehead atoms. The molecule has 1 aromatic rings. The number of nitrogens with two attached hydrogens (primary N) is 1. The van der Waals surface area contributed by atoms with Crippen LogP contribution in [0.25, 0.3) is 0 Å². The zero-order valence-corrected chi connectivity index (χ0v) is 14.9. The van der Waals surface area contributed by atoms with E-state index in [0.717, 1.165) is 42.2 Å². The van der Waals surface area contributed by atoms with Gasteiger partial charge in [-0.1, -0.05) is 20.8 Å². The molecule has 6 nitrogen and oxygen atoms in total. The lowest BCUT2D eigenvalue weighted by Gasteiger charge is -2.15. The average Bonchev–Trinajstić information content (AvgIpc) is 2.83. The van der Waals surface area contributed by atoms with Crippen molar-refractivity contribution in [3.63, 3.8) is 0 Å². The fraction of sp³-hybridized carbons (Fsp3) is 0.471. The molecule has 0 aromatic carbocycles. The summed E-state index contributed by atoms with van der Waals surface area (Å²) in [4.78, 5) is 36.5. The minimum atomic E-state index is -1.26. The summed E-state index contributed by atoms with van der Waals surface area (Å²) in [5.74, 6) is -2.15. The number of anilines is 1. The predicted molar refractivity (Wildman–Crippen MR) is 93.3 cm³/mol. The third-order valence-corrected chi connectivity index (χ3v) is 5.12. The molecule has 0 fully saturated rings. The first-order valence-electron chi connectivity index (χ1n) is 7.82. The van der Waals surface area contributed by atoms with Gasteiger partial charge in [-0.2, -0.15) is 0 Å². The minimum Gasteiger partial charge on any atom is -0.477 e. The highest BCUT2D eigenvalue weighted by atomic mass is 32.1. The first-order chi connectivity index (χ1) is 11.1. The molecular formula is C17H22N2O4S. The third-order valence-electron chi connectivity index (χ3n) is 3.91. The van der Waals surface area contributed by atoms with E-state index in [9.17, 15) is 19.5 Å². The molecule has 1 aliphatic carbocycles. The van der Waals surface area contributed by atoms with E-state index in [0.29, 0.717) is 10.6 Å². The molecule has 2 rings (SSSR count). The summed E-state index contributed by atoms with van der Waals surface area (Å²) in [5.41, 5.74) is 5.82. The van der Waals surface area contributed by atoms with Gasteiger partial charge in [0, 0.05) is 16.4 Å². The van der Waals surface area contributed by atoms with E-state index >= 15 is 0 Å². The number of carbonyl (C=O) groups excluding carboxylic acids is 2. The van der Waals surface area contributed by atoms with E-state index in [1.807, 2.05) is 0 Å². The van der Waals surface area contributed by atoms with E-state index in [-0.39, 0.29) is 11.5 Å². The van der Waals surface area contributed by atoms with Gasteiger partial charge in [0.1, 0.15) is 10.7 Å². The Morgan fingerprint density at radius 2 is 1.83 bits per heavy atom. The molecule has 1 aromatic heterocycles. The number of carboxylic acid groups (broad SMARTS) is 1. The van der Waals surface area contributed by atoms with E-state index in [1.165, 1.54) is 11.3 Å². The van der Waals surface area contributed by atoms with Gasteiger partial charge in [0.2, 0.25) is 0 Å². The standard InChI is InChI=1S/C17H22N2O4S/c1-17(2,3)12(20)8-10(16(22)23)19-15-13(14(18)21)9-6-4-5-7-11(9)24-15/h8,19H,4-7H2,1-3H3,(H2,18,21)(H,22,23). The highest BCUT2D eigenvalue weighted by Crippen LogP contribution is 2.38. The van der Waals surface area contributed by atoms with Crippen LogP contribution in [0.15, 0.2) is 11.8 Å². The minimum absolute atomic E-state index is 0.254. The van der Waals surface area contributed by atoms with Gasteiger partial charge in [-0.05, 0) is 31.2 Å². The molecule has 0 spiro atoms. The van der Waals surface area contributed by atoms with Gasteiger partial charge in [-0.25, -0.2) is 4.79 Å². The molecule has 0 atom stereocenters. The molecule has 0 aliphatic heterocycles. The second kappa shape index (κ2) is 6.76. The number of hydrogen-bond donors (Lipinski definition) is 3. The molecule has 0 saturated heterocycles. The number of nitrogens with one attached hydrogen (secondary N) is 1. The Hall–Kier alpha value is -2.15. The quantitative estimate of drug-likeness (QED) is 0.707. The van der Waals surface area contributed by atoms with Crippen molar-refractivity contribution in [3.8, 4) is 0 Å². The van der Waals surface area contributed by atoms with Crippen molar-refractivity contribution < 1.29 is 19.5 Å². The SMILES string of the molecule is CC(C)(C)C(=O)C=C(Nc1sc2c(c1C(N)=O)CCCC2)C(=O)O. The van der Waals surface area contributed by atoms with Crippen molar-refractivity contribution in [2.45, 2.75) is 46.5 Å². The van der Waals surface area contributed by atoms with E-state index < -0.39 is 17.3 Å². The Morgan fingerprint density at radius 1 is 1.21 bits per heavy atom. The monoisotopic (exact) mass is 350 g/mol. The Bertz CT molecular complexity index is 726. The van der Waals surface area contributed by atoms with Crippen molar-refractivity contribution in [1.29, 1.82) is 0 Å². The maximum absolute atomic E-state index is 12.1. The molecule has 1 aliphatic rings. The molecule has 130 valence electrons. The summed E-state index contributed by atoms with van der Waals surface area (Å²) < 4.78 is 0. The summed E-state index contributed by atoms with van der Waals surface area (Å²) in [6, 6.07) is 0. The summed E-state index contributed by atoms with van der Waals surface area (Å²) in [6.45, 7) is 5.14. The van der Waals surface area contributed by atoms with Crippen LogP contribution in [0.5, 0.6) is 0 Å². The molecule has 0 unspecified atom stereocenters. The Labute approximate surface area is 144 Å². The molecule has 0 radical (unpaired) electrons. The molecule has 4 N–H and O–H groups in total. The van der Waals surface area contributed by atoms with Crippen LogP contribution in [-0.2, 0) is 22.4 Å². The number of thiophene rings is 1. The van der Waals surface area contributed by atoms with Crippen LogP contribution in [0.2, 0.25) is 0 Å². The number of carboxylic acids is 1. The predicted octanol–water partition coefficient (Wildman–Crippen LogP) is 2.72. The Kier molecular flexibility index (Phi) is 5.13. The Balaban J connectivity index is 2.42. The number of aryl methyl sites for hydroxylation is 1. The number of rotatable bonds is 5. The van der Waals surface area contributed by atoms with E-state index in [2.05, 4.69) is 5.32 Å². The van der Waals surface area contributed by atoms with Crippen LogP contribution >= 0.6 is 11.3 Å². The van der Waals surface area contributed by atoms with Crippen LogP contribution in [0.3, 0.4) is 0 Å². The summed E-state index contributed by atoms with van der Waals surface area (Å²) in [7, 11) is 0. The maximum atomic E-state index is 12.1. The summed E-state index contributed by atoms with van der Waals surface area (Å²) >= 11 is 1.34. The van der Waals surface area contributed by atoms with Crippen molar-refractivity contribution in [1.82, 2.24) is 0 Å². The molecule has 1 amide bonds. The van der Waals surface area contributed by atoms with Crippen LogP contribution in [-0.4, -0.2) is 22.8 Å². The fourth-order valence-corrected chi connectivity index (χ4v) is 3.84. The van der Waals surface area contributed by atoms with Gasteiger partial charge < -0.3 is 16.2 Å². The number of fused-ring (bicyclic) bond motifs is 1. The normalized spacial score (nSPS) is 14.9. The molecule has 1 heterocycles.